The summed E-state index contributed by atoms with van der Waals surface area (Å²) in [6.45, 7) is 19.3. The fraction of sp³-hybridized carbons (Fsp3) is 0.722. The second-order valence-electron chi connectivity index (χ2n) is 5.98. The first kappa shape index (κ1) is 20.5. The molecule has 0 aromatic rings. The molecule has 1 nitrogen and oxygen atoms in total. The highest BCUT2D eigenvalue weighted by Crippen LogP contribution is 2.21. The zero-order valence-electron chi connectivity index (χ0n) is 14.6. The third-order valence-electron chi connectivity index (χ3n) is 2.82. The predicted octanol–water partition coefficient (Wildman–Crippen LogP) is 6.27. The summed E-state index contributed by atoms with van der Waals surface area (Å²) in [4.78, 5) is 4.37. The molecule has 0 aromatic carbocycles. The van der Waals surface area contributed by atoms with E-state index in [1.807, 2.05) is 20.0 Å². The Kier molecular flexibility index (Phi) is 11.9. The highest BCUT2D eigenvalue weighted by molar-refractivity contribution is 5.97. The quantitative estimate of drug-likeness (QED) is 0.558. The molecular formula is C18H35N. The van der Waals surface area contributed by atoms with Crippen molar-refractivity contribution in [3.05, 3.63) is 24.4 Å². The Morgan fingerprint density at radius 2 is 1.53 bits per heavy atom. The van der Waals surface area contributed by atoms with Crippen molar-refractivity contribution in [2.24, 2.45) is 22.2 Å². The molecule has 0 N–H and O–H groups in total. The molecule has 1 heteroatoms. The summed E-state index contributed by atoms with van der Waals surface area (Å²) in [5, 5.41) is 0. The van der Waals surface area contributed by atoms with Crippen molar-refractivity contribution < 1.29 is 0 Å². The lowest BCUT2D eigenvalue weighted by Crippen LogP contribution is -2.04. The molecule has 0 atom stereocenters. The van der Waals surface area contributed by atoms with Gasteiger partial charge in [0.25, 0.3) is 0 Å². The first-order chi connectivity index (χ1) is 8.78. The van der Waals surface area contributed by atoms with Gasteiger partial charge in [0.05, 0.1) is 0 Å². The van der Waals surface area contributed by atoms with Crippen molar-refractivity contribution in [2.45, 2.75) is 68.7 Å². The molecule has 0 saturated carbocycles. The average Bonchev–Trinajstić information content (AvgIpc) is 2.53. The summed E-state index contributed by atoms with van der Waals surface area (Å²) in [5.41, 5.74) is 1.32. The van der Waals surface area contributed by atoms with Crippen LogP contribution in [0.2, 0.25) is 0 Å². The highest BCUT2D eigenvalue weighted by Gasteiger charge is 2.12. The van der Waals surface area contributed by atoms with Crippen LogP contribution < -0.4 is 0 Å². The number of aliphatic imine (C=N–C) groups is 1. The van der Waals surface area contributed by atoms with E-state index < -0.39 is 0 Å². The Morgan fingerprint density at radius 1 is 1.05 bits per heavy atom. The summed E-state index contributed by atoms with van der Waals surface area (Å²) in [6.07, 6.45) is 9.67. The third kappa shape index (κ3) is 11.9. The number of allylic oxidation sites excluding steroid dienone is 3. The minimum atomic E-state index is 0.153. The van der Waals surface area contributed by atoms with Gasteiger partial charge in [0.2, 0.25) is 0 Å². The Hall–Kier alpha value is -0.850. The molecule has 0 bridgehead atoms. The normalized spacial score (nSPS) is 16.1. The zero-order valence-corrected chi connectivity index (χ0v) is 14.6. The van der Waals surface area contributed by atoms with Gasteiger partial charge in [-0.05, 0) is 17.9 Å². The fourth-order valence-corrected chi connectivity index (χ4v) is 1.06. The molecule has 0 spiro atoms. The number of hydrogen-bond acceptors (Lipinski definition) is 1. The minimum Gasteiger partial charge on any atom is -0.261 e. The van der Waals surface area contributed by atoms with Crippen LogP contribution in [0.15, 0.2) is 29.4 Å². The van der Waals surface area contributed by atoms with Crippen LogP contribution in [0.3, 0.4) is 0 Å². The van der Waals surface area contributed by atoms with Gasteiger partial charge in [-0.3, -0.25) is 4.99 Å². The number of hydrogen-bond donors (Lipinski definition) is 0. The summed E-state index contributed by atoms with van der Waals surface area (Å²) >= 11 is 0. The van der Waals surface area contributed by atoms with Gasteiger partial charge in [-0.2, -0.15) is 0 Å². The Balaban J connectivity index is 0. The molecule has 0 amide bonds. The van der Waals surface area contributed by atoms with E-state index >= 15 is 0 Å². The maximum atomic E-state index is 4.37. The maximum Gasteiger partial charge on any atom is 0.0425 e. The van der Waals surface area contributed by atoms with E-state index in [0.717, 1.165) is 11.6 Å². The van der Waals surface area contributed by atoms with E-state index in [4.69, 9.17) is 0 Å². The van der Waals surface area contributed by atoms with Crippen LogP contribution in [-0.4, -0.2) is 5.71 Å². The lowest BCUT2D eigenvalue weighted by molar-refractivity contribution is 0.626. The fourth-order valence-electron chi connectivity index (χ4n) is 1.06. The highest BCUT2D eigenvalue weighted by atomic mass is 14.7. The van der Waals surface area contributed by atoms with Crippen LogP contribution in [0, 0.1) is 17.3 Å². The van der Waals surface area contributed by atoms with Gasteiger partial charge >= 0.3 is 0 Å². The van der Waals surface area contributed by atoms with Gasteiger partial charge in [-0.25, -0.2) is 0 Å². The molecule has 0 aromatic heterocycles. The van der Waals surface area contributed by atoms with E-state index in [9.17, 15) is 0 Å². The smallest absolute Gasteiger partial charge is 0.0425 e. The lowest BCUT2D eigenvalue weighted by atomic mass is 9.92. The molecule has 1 heterocycles. The van der Waals surface area contributed by atoms with Crippen LogP contribution in [0.25, 0.3) is 0 Å². The minimum absolute atomic E-state index is 0.153. The van der Waals surface area contributed by atoms with Crippen molar-refractivity contribution in [3.63, 3.8) is 0 Å². The van der Waals surface area contributed by atoms with Crippen LogP contribution in [0.4, 0.5) is 0 Å². The molecule has 1 rings (SSSR count). The van der Waals surface area contributed by atoms with E-state index in [-0.39, 0.29) is 5.41 Å². The van der Waals surface area contributed by atoms with Crippen molar-refractivity contribution >= 4 is 5.71 Å². The van der Waals surface area contributed by atoms with Crippen molar-refractivity contribution in [2.75, 3.05) is 0 Å². The molecule has 19 heavy (non-hydrogen) atoms. The van der Waals surface area contributed by atoms with Crippen molar-refractivity contribution in [3.8, 4) is 0 Å². The second kappa shape index (κ2) is 11.0. The first-order valence-electron chi connectivity index (χ1n) is 7.73. The molecular weight excluding hydrogens is 230 g/mol. The lowest BCUT2D eigenvalue weighted by Gasteiger charge is -2.12. The Bertz CT molecular complexity index is 291. The summed E-state index contributed by atoms with van der Waals surface area (Å²) in [5.74, 6) is 1.40. The first-order valence-corrected chi connectivity index (χ1v) is 7.73. The molecule has 1 aliphatic heterocycles. The van der Waals surface area contributed by atoms with E-state index in [0.29, 0.717) is 5.92 Å². The van der Waals surface area contributed by atoms with Crippen molar-refractivity contribution in [1.29, 1.82) is 0 Å². The van der Waals surface area contributed by atoms with Gasteiger partial charge < -0.3 is 0 Å². The van der Waals surface area contributed by atoms with Gasteiger partial charge in [-0.15, -0.1) is 0 Å². The summed E-state index contributed by atoms with van der Waals surface area (Å²) < 4.78 is 0. The molecule has 0 unspecified atom stereocenters. The molecule has 0 aliphatic carbocycles. The molecule has 1 aliphatic rings. The van der Waals surface area contributed by atoms with E-state index in [1.54, 1.807) is 0 Å². The van der Waals surface area contributed by atoms with Crippen LogP contribution >= 0.6 is 0 Å². The van der Waals surface area contributed by atoms with Gasteiger partial charge in [0.15, 0.2) is 0 Å². The molecule has 0 saturated heterocycles. The Morgan fingerprint density at radius 3 is 1.89 bits per heavy atom. The zero-order chi connectivity index (χ0) is 15.5. The monoisotopic (exact) mass is 265 g/mol. The predicted molar refractivity (Wildman–Crippen MR) is 90.8 cm³/mol. The maximum absolute atomic E-state index is 4.37. The van der Waals surface area contributed by atoms with Gasteiger partial charge in [0, 0.05) is 17.3 Å². The van der Waals surface area contributed by atoms with Gasteiger partial charge in [-0.1, -0.05) is 80.9 Å². The standard InChI is InChI=1S/C11H17N.C5H12.C2H6/c1-9(2)10-5-6-11(3,4)7-8-12-10;1-4-5(2)3;1-2/h5-9H,1-4H3;5H,4H2,1-3H3;1-2H3. The van der Waals surface area contributed by atoms with Crippen molar-refractivity contribution in [1.82, 2.24) is 0 Å². The molecule has 0 radical (unpaired) electrons. The molecule has 0 fully saturated rings. The second-order valence-corrected chi connectivity index (χ2v) is 5.98. The third-order valence-corrected chi connectivity index (χ3v) is 2.82. The van der Waals surface area contributed by atoms with Crippen LogP contribution in [-0.2, 0) is 0 Å². The summed E-state index contributed by atoms with van der Waals surface area (Å²) in [6, 6.07) is 0. The van der Waals surface area contributed by atoms with Gasteiger partial charge in [0.1, 0.15) is 0 Å². The number of nitrogens with zero attached hydrogens (tertiary/aromatic N) is 1. The molecule has 112 valence electrons. The summed E-state index contributed by atoms with van der Waals surface area (Å²) in [7, 11) is 0. The van der Waals surface area contributed by atoms with Crippen LogP contribution in [0.5, 0.6) is 0 Å². The van der Waals surface area contributed by atoms with E-state index in [2.05, 4.69) is 71.7 Å². The van der Waals surface area contributed by atoms with E-state index in [1.165, 1.54) is 6.42 Å². The van der Waals surface area contributed by atoms with Crippen LogP contribution in [0.1, 0.15) is 68.7 Å². The SMILES string of the molecule is CC.CC(C)C1=NC=CC(C)(C)C=C1.CCC(C)C. The number of rotatable bonds is 2. The largest absolute Gasteiger partial charge is 0.261 e. The topological polar surface area (TPSA) is 12.4 Å². The Labute approximate surface area is 121 Å². The average molecular weight is 265 g/mol.